The van der Waals surface area contributed by atoms with Crippen molar-refractivity contribution in [3.05, 3.63) is 75.7 Å². The van der Waals surface area contributed by atoms with E-state index in [4.69, 9.17) is 0 Å². The number of aromatic amines is 1. The number of H-pyrrole nitrogens is 1. The standard InChI is InChI=1S/C21H21N3O4S2/c1-13-8-9-16(10-15(13)3)30(27,28)18-11-22-21(24-20(18)26)29-12-19(25)23-17-7-5-4-6-14(17)2/h4-11H,12H2,1-3H3,(H,23,25)(H,22,24,26). The summed E-state index contributed by atoms with van der Waals surface area (Å²) in [6.45, 7) is 5.57. The van der Waals surface area contributed by atoms with Crippen LogP contribution in [-0.4, -0.2) is 30.0 Å². The number of thioether (sulfide) groups is 1. The molecular weight excluding hydrogens is 422 g/mol. The molecule has 156 valence electrons. The molecule has 1 amide bonds. The van der Waals surface area contributed by atoms with Crippen LogP contribution in [0.4, 0.5) is 5.69 Å². The van der Waals surface area contributed by atoms with Crippen molar-refractivity contribution < 1.29 is 13.2 Å². The Labute approximate surface area is 178 Å². The van der Waals surface area contributed by atoms with E-state index in [9.17, 15) is 18.0 Å². The van der Waals surface area contributed by atoms with E-state index in [2.05, 4.69) is 15.3 Å². The number of benzene rings is 2. The van der Waals surface area contributed by atoms with Crippen LogP contribution in [0.5, 0.6) is 0 Å². The van der Waals surface area contributed by atoms with E-state index < -0.39 is 20.3 Å². The SMILES string of the molecule is Cc1ccc(S(=O)(=O)c2cnc(SCC(=O)Nc3ccccc3C)[nH]c2=O)cc1C. The van der Waals surface area contributed by atoms with Crippen LogP contribution in [0, 0.1) is 20.8 Å². The van der Waals surface area contributed by atoms with Crippen LogP contribution < -0.4 is 10.9 Å². The summed E-state index contributed by atoms with van der Waals surface area (Å²) in [5.74, 6) is -0.246. The first-order valence-electron chi connectivity index (χ1n) is 9.08. The summed E-state index contributed by atoms with van der Waals surface area (Å²) in [4.78, 5) is 30.6. The molecule has 2 N–H and O–H groups in total. The van der Waals surface area contributed by atoms with Crippen molar-refractivity contribution >= 4 is 33.2 Å². The fourth-order valence-electron chi connectivity index (χ4n) is 2.67. The third kappa shape index (κ3) is 4.80. The van der Waals surface area contributed by atoms with Crippen molar-refractivity contribution in [2.24, 2.45) is 0 Å². The average molecular weight is 444 g/mol. The van der Waals surface area contributed by atoms with Crippen molar-refractivity contribution in [2.45, 2.75) is 35.7 Å². The lowest BCUT2D eigenvalue weighted by Crippen LogP contribution is -2.20. The van der Waals surface area contributed by atoms with Gasteiger partial charge in [-0.05, 0) is 55.7 Å². The minimum Gasteiger partial charge on any atom is -0.325 e. The highest BCUT2D eigenvalue weighted by molar-refractivity contribution is 7.99. The number of aryl methyl sites for hydroxylation is 3. The molecule has 0 spiro atoms. The minimum atomic E-state index is -4.00. The van der Waals surface area contributed by atoms with E-state index in [0.29, 0.717) is 5.69 Å². The van der Waals surface area contributed by atoms with Crippen LogP contribution in [0.3, 0.4) is 0 Å². The molecule has 0 aliphatic carbocycles. The Morgan fingerprint density at radius 2 is 1.80 bits per heavy atom. The first-order valence-corrected chi connectivity index (χ1v) is 11.6. The first-order chi connectivity index (χ1) is 14.2. The normalized spacial score (nSPS) is 11.3. The van der Waals surface area contributed by atoms with Crippen molar-refractivity contribution in [1.82, 2.24) is 9.97 Å². The molecule has 0 atom stereocenters. The fraction of sp³-hybridized carbons (Fsp3) is 0.190. The number of nitrogens with one attached hydrogen (secondary N) is 2. The molecule has 0 saturated heterocycles. The number of para-hydroxylation sites is 1. The van der Waals surface area contributed by atoms with Gasteiger partial charge in [-0.25, -0.2) is 13.4 Å². The summed E-state index contributed by atoms with van der Waals surface area (Å²) >= 11 is 1.01. The van der Waals surface area contributed by atoms with Gasteiger partial charge in [-0.3, -0.25) is 9.59 Å². The molecule has 30 heavy (non-hydrogen) atoms. The zero-order valence-corrected chi connectivity index (χ0v) is 18.4. The molecule has 0 saturated carbocycles. The van der Waals surface area contributed by atoms with E-state index in [0.717, 1.165) is 34.6 Å². The zero-order chi connectivity index (χ0) is 21.9. The first kappa shape index (κ1) is 21.8. The molecule has 0 bridgehead atoms. The second-order valence-electron chi connectivity index (χ2n) is 6.78. The zero-order valence-electron chi connectivity index (χ0n) is 16.7. The van der Waals surface area contributed by atoms with Gasteiger partial charge in [0.1, 0.15) is 0 Å². The smallest absolute Gasteiger partial charge is 0.270 e. The molecule has 2 aromatic carbocycles. The Bertz CT molecular complexity index is 1270. The predicted molar refractivity (Wildman–Crippen MR) is 117 cm³/mol. The van der Waals surface area contributed by atoms with Crippen molar-refractivity contribution in [3.8, 4) is 0 Å². The largest absolute Gasteiger partial charge is 0.325 e. The van der Waals surface area contributed by atoms with E-state index >= 15 is 0 Å². The van der Waals surface area contributed by atoms with Gasteiger partial charge in [0, 0.05) is 5.69 Å². The monoisotopic (exact) mass is 443 g/mol. The van der Waals surface area contributed by atoms with Crippen LogP contribution in [-0.2, 0) is 14.6 Å². The van der Waals surface area contributed by atoms with Gasteiger partial charge >= 0.3 is 0 Å². The Balaban J connectivity index is 1.73. The summed E-state index contributed by atoms with van der Waals surface area (Å²) in [5.41, 5.74) is 2.64. The topological polar surface area (TPSA) is 109 Å². The number of rotatable bonds is 6. The van der Waals surface area contributed by atoms with E-state index in [1.54, 1.807) is 19.1 Å². The van der Waals surface area contributed by atoms with Crippen molar-refractivity contribution in [3.63, 3.8) is 0 Å². The number of aromatic nitrogens is 2. The van der Waals surface area contributed by atoms with E-state index in [1.165, 1.54) is 12.1 Å². The molecular formula is C21H21N3O4S2. The maximum atomic E-state index is 12.8. The van der Waals surface area contributed by atoms with Crippen molar-refractivity contribution in [2.75, 3.05) is 11.1 Å². The van der Waals surface area contributed by atoms with Gasteiger partial charge in [-0.1, -0.05) is 36.0 Å². The molecule has 3 aromatic rings. The summed E-state index contributed by atoms with van der Waals surface area (Å²) < 4.78 is 25.6. The van der Waals surface area contributed by atoms with Gasteiger partial charge in [0.2, 0.25) is 15.7 Å². The van der Waals surface area contributed by atoms with Crippen LogP contribution in [0.15, 0.2) is 68.4 Å². The molecule has 3 rings (SSSR count). The number of carbonyl (C=O) groups excluding carboxylic acids is 1. The van der Waals surface area contributed by atoms with Gasteiger partial charge < -0.3 is 10.3 Å². The Morgan fingerprint density at radius 1 is 1.07 bits per heavy atom. The number of amides is 1. The Kier molecular flexibility index (Phi) is 6.42. The molecule has 9 heteroatoms. The molecule has 0 aliphatic rings. The number of carbonyl (C=O) groups is 1. The highest BCUT2D eigenvalue weighted by Crippen LogP contribution is 2.21. The van der Waals surface area contributed by atoms with Crippen LogP contribution in [0.25, 0.3) is 0 Å². The molecule has 0 fully saturated rings. The van der Waals surface area contributed by atoms with E-state index in [1.807, 2.05) is 32.0 Å². The van der Waals surface area contributed by atoms with Gasteiger partial charge in [0.05, 0.1) is 16.8 Å². The van der Waals surface area contributed by atoms with Crippen molar-refractivity contribution in [1.29, 1.82) is 0 Å². The summed E-state index contributed by atoms with van der Waals surface area (Å²) in [6.07, 6.45) is 1.03. The minimum absolute atomic E-state index is 0.0144. The Morgan fingerprint density at radius 3 is 2.47 bits per heavy atom. The number of nitrogens with zero attached hydrogens (tertiary/aromatic N) is 1. The molecule has 0 aliphatic heterocycles. The lowest BCUT2D eigenvalue weighted by atomic mass is 10.1. The molecule has 0 radical (unpaired) electrons. The summed E-state index contributed by atoms with van der Waals surface area (Å²) in [6, 6.07) is 12.1. The number of hydrogen-bond donors (Lipinski definition) is 2. The quantitative estimate of drug-likeness (QED) is 0.447. The van der Waals surface area contributed by atoms with Gasteiger partial charge in [0.25, 0.3) is 5.56 Å². The van der Waals surface area contributed by atoms with Crippen LogP contribution in [0.1, 0.15) is 16.7 Å². The maximum Gasteiger partial charge on any atom is 0.270 e. The average Bonchev–Trinajstić information content (AvgIpc) is 2.70. The molecule has 7 nitrogen and oxygen atoms in total. The van der Waals surface area contributed by atoms with Gasteiger partial charge in [-0.2, -0.15) is 0 Å². The number of hydrogen-bond acceptors (Lipinski definition) is 6. The summed E-state index contributed by atoms with van der Waals surface area (Å²) in [5, 5.41) is 2.95. The van der Waals surface area contributed by atoms with Gasteiger partial charge in [0.15, 0.2) is 10.1 Å². The highest BCUT2D eigenvalue weighted by atomic mass is 32.2. The number of sulfone groups is 1. The fourth-order valence-corrected chi connectivity index (χ4v) is 4.62. The maximum absolute atomic E-state index is 12.8. The highest BCUT2D eigenvalue weighted by Gasteiger charge is 2.23. The third-order valence-electron chi connectivity index (χ3n) is 4.58. The van der Waals surface area contributed by atoms with Crippen LogP contribution in [0.2, 0.25) is 0 Å². The second-order valence-corrected chi connectivity index (χ2v) is 9.67. The Hall–Kier alpha value is -2.91. The van der Waals surface area contributed by atoms with Gasteiger partial charge in [-0.15, -0.1) is 0 Å². The third-order valence-corrected chi connectivity index (χ3v) is 7.21. The predicted octanol–water partition coefficient (Wildman–Crippen LogP) is 3.26. The van der Waals surface area contributed by atoms with Crippen LogP contribution >= 0.6 is 11.8 Å². The second kappa shape index (κ2) is 8.85. The molecule has 1 heterocycles. The number of anilines is 1. The van der Waals surface area contributed by atoms with E-state index in [-0.39, 0.29) is 21.7 Å². The molecule has 1 aromatic heterocycles. The molecule has 0 unspecified atom stereocenters. The summed E-state index contributed by atoms with van der Waals surface area (Å²) in [7, 11) is -4.00. The lowest BCUT2D eigenvalue weighted by molar-refractivity contribution is -0.113. The lowest BCUT2D eigenvalue weighted by Gasteiger charge is -2.08.